The van der Waals surface area contributed by atoms with Crippen molar-refractivity contribution in [2.45, 2.75) is 32.8 Å². The average molecular weight is 333 g/mol. The first-order chi connectivity index (χ1) is 10.8. The van der Waals surface area contributed by atoms with E-state index in [1.807, 2.05) is 17.5 Å². The zero-order chi connectivity index (χ0) is 17.0. The van der Waals surface area contributed by atoms with E-state index in [1.165, 1.54) is 11.3 Å². The number of ether oxygens (including phenoxy) is 1. The number of carboxylic acid groups (broad SMARTS) is 1. The summed E-state index contributed by atoms with van der Waals surface area (Å²) in [6, 6.07) is 9.06. The monoisotopic (exact) mass is 333 g/mol. The van der Waals surface area contributed by atoms with Crippen molar-refractivity contribution in [2.75, 3.05) is 5.32 Å². The van der Waals surface area contributed by atoms with Crippen molar-refractivity contribution in [1.82, 2.24) is 0 Å². The number of rotatable bonds is 4. The molecule has 0 spiro atoms. The van der Waals surface area contributed by atoms with Crippen LogP contribution in [0.1, 0.15) is 26.3 Å². The van der Waals surface area contributed by atoms with Gasteiger partial charge in [0, 0.05) is 10.4 Å². The highest BCUT2D eigenvalue weighted by Crippen LogP contribution is 2.35. The van der Waals surface area contributed by atoms with Crippen LogP contribution in [-0.2, 0) is 16.0 Å². The molecule has 0 saturated heterocycles. The number of amides is 1. The quantitative estimate of drug-likeness (QED) is 0.870. The van der Waals surface area contributed by atoms with Gasteiger partial charge in [-0.05, 0) is 43.8 Å². The van der Waals surface area contributed by atoms with E-state index in [0.717, 1.165) is 16.0 Å². The number of carbonyl (C=O) groups is 2. The van der Waals surface area contributed by atoms with E-state index < -0.39 is 17.7 Å². The van der Waals surface area contributed by atoms with Crippen LogP contribution in [0.15, 0.2) is 35.7 Å². The summed E-state index contributed by atoms with van der Waals surface area (Å²) in [7, 11) is 0. The molecular weight excluding hydrogens is 314 g/mol. The molecule has 0 aliphatic heterocycles. The van der Waals surface area contributed by atoms with Gasteiger partial charge in [0.1, 0.15) is 5.60 Å². The van der Waals surface area contributed by atoms with E-state index in [1.54, 1.807) is 39.0 Å². The molecule has 0 aliphatic rings. The average Bonchev–Trinajstić information content (AvgIpc) is 2.84. The lowest BCUT2D eigenvalue weighted by Crippen LogP contribution is -2.27. The molecule has 2 rings (SSSR count). The van der Waals surface area contributed by atoms with Gasteiger partial charge in [0.25, 0.3) is 0 Å². The van der Waals surface area contributed by atoms with E-state index in [0.29, 0.717) is 5.69 Å². The molecule has 0 fully saturated rings. The first-order valence-electron chi connectivity index (χ1n) is 7.14. The Morgan fingerprint density at radius 3 is 2.57 bits per heavy atom. The van der Waals surface area contributed by atoms with Crippen LogP contribution in [0, 0.1) is 0 Å². The number of carbonyl (C=O) groups excluding carboxylic acids is 1. The molecule has 1 aromatic carbocycles. The number of anilines is 1. The number of hydrogen-bond acceptors (Lipinski definition) is 4. The molecule has 1 heterocycles. The zero-order valence-electron chi connectivity index (χ0n) is 13.3. The maximum absolute atomic E-state index is 12.0. The van der Waals surface area contributed by atoms with Crippen molar-refractivity contribution in [3.8, 4) is 10.4 Å². The fourth-order valence-corrected chi connectivity index (χ4v) is 3.04. The maximum Gasteiger partial charge on any atom is 0.412 e. The van der Waals surface area contributed by atoms with Gasteiger partial charge in [-0.1, -0.05) is 18.2 Å². The summed E-state index contributed by atoms with van der Waals surface area (Å²) in [5.74, 6) is -0.887. The van der Waals surface area contributed by atoms with Gasteiger partial charge in [-0.3, -0.25) is 10.1 Å². The highest BCUT2D eigenvalue weighted by molar-refractivity contribution is 7.13. The Bertz CT molecular complexity index is 715. The maximum atomic E-state index is 12.0. The van der Waals surface area contributed by atoms with Crippen molar-refractivity contribution < 1.29 is 19.4 Å². The Balaban J connectivity index is 2.30. The summed E-state index contributed by atoms with van der Waals surface area (Å²) < 4.78 is 5.27. The molecular formula is C17H19NO4S. The minimum atomic E-state index is -0.887. The first kappa shape index (κ1) is 17.0. The molecule has 0 aliphatic carbocycles. The fourth-order valence-electron chi connectivity index (χ4n) is 2.08. The molecule has 0 radical (unpaired) electrons. The van der Waals surface area contributed by atoms with Crippen LogP contribution in [0.25, 0.3) is 10.4 Å². The number of benzene rings is 1. The van der Waals surface area contributed by atoms with E-state index in [-0.39, 0.29) is 6.42 Å². The van der Waals surface area contributed by atoms with Crippen LogP contribution in [0.2, 0.25) is 0 Å². The predicted molar refractivity (Wildman–Crippen MR) is 91.0 cm³/mol. The standard InChI is InChI=1S/C17H19NO4S/c1-17(2,3)22-16(21)18-13-7-5-4-6-12(13)15-11(8-9-23-15)10-14(19)20/h4-9H,10H2,1-3H3,(H,18,21)(H,19,20). The Labute approximate surface area is 138 Å². The summed E-state index contributed by atoms with van der Waals surface area (Å²) in [5.41, 5.74) is 1.51. The lowest BCUT2D eigenvalue weighted by Gasteiger charge is -2.20. The highest BCUT2D eigenvalue weighted by Gasteiger charge is 2.19. The second-order valence-corrected chi connectivity index (χ2v) is 6.93. The summed E-state index contributed by atoms with van der Waals surface area (Å²) >= 11 is 1.44. The summed E-state index contributed by atoms with van der Waals surface area (Å²) in [6.07, 6.45) is -0.596. The molecule has 1 aromatic heterocycles. The Hall–Kier alpha value is -2.34. The van der Waals surface area contributed by atoms with Crippen LogP contribution >= 0.6 is 11.3 Å². The molecule has 2 aromatic rings. The second-order valence-electron chi connectivity index (χ2n) is 6.02. The van der Waals surface area contributed by atoms with Crippen molar-refractivity contribution in [1.29, 1.82) is 0 Å². The van der Waals surface area contributed by atoms with Crippen molar-refractivity contribution in [3.05, 3.63) is 41.3 Å². The first-order valence-corrected chi connectivity index (χ1v) is 8.02. The number of nitrogens with one attached hydrogen (secondary N) is 1. The van der Waals surface area contributed by atoms with E-state index in [9.17, 15) is 9.59 Å². The van der Waals surface area contributed by atoms with Gasteiger partial charge in [-0.2, -0.15) is 0 Å². The van der Waals surface area contributed by atoms with Crippen molar-refractivity contribution in [3.63, 3.8) is 0 Å². The smallest absolute Gasteiger partial charge is 0.412 e. The summed E-state index contributed by atoms with van der Waals surface area (Å²) in [4.78, 5) is 23.8. The van der Waals surface area contributed by atoms with Crippen LogP contribution in [0.3, 0.4) is 0 Å². The fraction of sp³-hybridized carbons (Fsp3) is 0.294. The van der Waals surface area contributed by atoms with Crippen LogP contribution in [0.5, 0.6) is 0 Å². The molecule has 0 atom stereocenters. The third-order valence-corrected chi connectivity index (χ3v) is 3.89. The van der Waals surface area contributed by atoms with Gasteiger partial charge >= 0.3 is 12.1 Å². The van der Waals surface area contributed by atoms with E-state index in [4.69, 9.17) is 9.84 Å². The third-order valence-electron chi connectivity index (χ3n) is 2.90. The van der Waals surface area contributed by atoms with Gasteiger partial charge < -0.3 is 9.84 Å². The molecule has 0 bridgehead atoms. The lowest BCUT2D eigenvalue weighted by molar-refractivity contribution is -0.136. The summed E-state index contributed by atoms with van der Waals surface area (Å²) in [6.45, 7) is 5.38. The molecule has 5 nitrogen and oxygen atoms in total. The molecule has 2 N–H and O–H groups in total. The molecule has 122 valence electrons. The van der Waals surface area contributed by atoms with Gasteiger partial charge in [0.05, 0.1) is 12.1 Å². The van der Waals surface area contributed by atoms with Gasteiger partial charge in [0.15, 0.2) is 0 Å². The summed E-state index contributed by atoms with van der Waals surface area (Å²) in [5, 5.41) is 13.6. The van der Waals surface area contributed by atoms with E-state index >= 15 is 0 Å². The van der Waals surface area contributed by atoms with Gasteiger partial charge in [0.2, 0.25) is 0 Å². The Morgan fingerprint density at radius 2 is 1.91 bits per heavy atom. The van der Waals surface area contributed by atoms with Gasteiger partial charge in [-0.25, -0.2) is 4.79 Å². The molecule has 1 amide bonds. The predicted octanol–water partition coefficient (Wildman–Crippen LogP) is 4.39. The number of aliphatic carboxylic acids is 1. The molecule has 0 saturated carbocycles. The van der Waals surface area contributed by atoms with Crippen molar-refractivity contribution in [2.24, 2.45) is 0 Å². The lowest BCUT2D eigenvalue weighted by atomic mass is 10.1. The number of carboxylic acids is 1. The Kier molecular flexibility index (Phi) is 5.05. The van der Waals surface area contributed by atoms with Crippen LogP contribution < -0.4 is 5.32 Å². The largest absolute Gasteiger partial charge is 0.481 e. The number of hydrogen-bond donors (Lipinski definition) is 2. The molecule has 23 heavy (non-hydrogen) atoms. The SMILES string of the molecule is CC(C)(C)OC(=O)Nc1ccccc1-c1sccc1CC(=O)O. The second kappa shape index (κ2) is 6.83. The van der Waals surface area contributed by atoms with Crippen molar-refractivity contribution >= 4 is 29.1 Å². The minimum absolute atomic E-state index is 0.0559. The van der Waals surface area contributed by atoms with Crippen LogP contribution in [0.4, 0.5) is 10.5 Å². The Morgan fingerprint density at radius 1 is 1.22 bits per heavy atom. The highest BCUT2D eigenvalue weighted by atomic mass is 32.1. The van der Waals surface area contributed by atoms with Gasteiger partial charge in [-0.15, -0.1) is 11.3 Å². The molecule has 0 unspecified atom stereocenters. The van der Waals surface area contributed by atoms with Crippen LogP contribution in [-0.4, -0.2) is 22.8 Å². The normalized spacial score (nSPS) is 11.1. The zero-order valence-corrected chi connectivity index (χ0v) is 14.1. The number of para-hydroxylation sites is 1. The minimum Gasteiger partial charge on any atom is -0.481 e. The molecule has 6 heteroatoms. The topological polar surface area (TPSA) is 75.6 Å². The number of thiophene rings is 1. The third kappa shape index (κ3) is 4.82. The van der Waals surface area contributed by atoms with E-state index in [2.05, 4.69) is 5.32 Å².